The Balaban J connectivity index is 1.20. The molecule has 2 saturated carbocycles. The summed E-state index contributed by atoms with van der Waals surface area (Å²) in [6.07, 6.45) is 10.2. The average molecular weight is 642 g/mol. The topological polar surface area (TPSA) is 124 Å². The van der Waals surface area contributed by atoms with Crippen molar-refractivity contribution < 1.29 is 22.7 Å². The highest BCUT2D eigenvalue weighted by Crippen LogP contribution is 2.42. The van der Waals surface area contributed by atoms with Crippen LogP contribution in [0.15, 0.2) is 35.4 Å². The van der Waals surface area contributed by atoms with E-state index in [1.807, 2.05) is 49.8 Å². The van der Waals surface area contributed by atoms with Gasteiger partial charge in [0, 0.05) is 47.8 Å². The number of sulfone groups is 1. The molecule has 238 valence electrons. The zero-order valence-electron chi connectivity index (χ0n) is 25.8. The second kappa shape index (κ2) is 13.2. The van der Waals surface area contributed by atoms with Gasteiger partial charge in [-0.15, -0.1) is 11.3 Å². The summed E-state index contributed by atoms with van der Waals surface area (Å²) in [6.45, 7) is 6.43. The molecule has 12 heteroatoms. The molecule has 10 nitrogen and oxygen atoms in total. The standard InChI is InChI=1S/C32H43N5O5S2/c1-20(2)42-32(38)35-23-12-10-22(11-13-23)31-33-19-27(43-31)26-15-14-24(18-28(26)44(39,40)25-7-6-8-25)34-29-17-21(3)37(36-29)30-9-4-5-16-41-30/h14-15,17-20,22-23,25,30H,4-13,16H2,1-3H3,(H,34,36)(H,35,38). The first-order valence-electron chi connectivity index (χ1n) is 15.9. The van der Waals surface area contributed by atoms with Gasteiger partial charge in [-0.25, -0.2) is 22.9 Å². The lowest BCUT2D eigenvalue weighted by Crippen LogP contribution is -2.38. The maximum absolute atomic E-state index is 13.9. The number of nitrogens with zero attached hydrogens (tertiary/aromatic N) is 3. The number of benzene rings is 1. The number of carbonyl (C=O) groups excluding carboxylic acids is 1. The summed E-state index contributed by atoms with van der Waals surface area (Å²) in [4.78, 5) is 18.0. The fourth-order valence-electron chi connectivity index (χ4n) is 6.30. The maximum Gasteiger partial charge on any atom is 0.407 e. The number of carbonyl (C=O) groups is 1. The Morgan fingerprint density at radius 1 is 1.07 bits per heavy atom. The van der Waals surface area contributed by atoms with Crippen molar-refractivity contribution in [1.82, 2.24) is 20.1 Å². The Bertz CT molecular complexity index is 1560. The van der Waals surface area contributed by atoms with Crippen LogP contribution >= 0.6 is 11.3 Å². The van der Waals surface area contributed by atoms with E-state index >= 15 is 0 Å². The van der Waals surface area contributed by atoms with Crippen LogP contribution in [-0.4, -0.2) is 53.3 Å². The molecule has 2 aliphatic carbocycles. The Hall–Kier alpha value is -2.96. The predicted molar refractivity (Wildman–Crippen MR) is 171 cm³/mol. The van der Waals surface area contributed by atoms with E-state index in [1.165, 1.54) is 0 Å². The van der Waals surface area contributed by atoms with Gasteiger partial charge >= 0.3 is 6.09 Å². The summed E-state index contributed by atoms with van der Waals surface area (Å²) in [5, 5.41) is 11.7. The van der Waals surface area contributed by atoms with Gasteiger partial charge in [0.1, 0.15) is 0 Å². The van der Waals surface area contributed by atoms with Crippen molar-refractivity contribution >= 4 is 38.8 Å². The molecule has 1 unspecified atom stereocenters. The molecule has 1 atom stereocenters. The van der Waals surface area contributed by atoms with Gasteiger partial charge < -0.3 is 20.1 Å². The summed E-state index contributed by atoms with van der Waals surface area (Å²) in [6, 6.07) is 7.66. The van der Waals surface area contributed by atoms with E-state index in [2.05, 4.69) is 10.6 Å². The van der Waals surface area contributed by atoms with E-state index < -0.39 is 9.84 Å². The van der Waals surface area contributed by atoms with Gasteiger partial charge in [0.2, 0.25) is 0 Å². The van der Waals surface area contributed by atoms with E-state index in [0.717, 1.165) is 73.6 Å². The van der Waals surface area contributed by atoms with Crippen LogP contribution in [0.1, 0.15) is 101 Å². The Morgan fingerprint density at radius 2 is 1.86 bits per heavy atom. The number of anilines is 2. The summed E-state index contributed by atoms with van der Waals surface area (Å²) >= 11 is 1.58. The van der Waals surface area contributed by atoms with E-state index in [9.17, 15) is 13.2 Å². The molecule has 3 aromatic rings. The molecule has 2 N–H and O–H groups in total. The number of hydrogen-bond donors (Lipinski definition) is 2. The number of thiazole rings is 1. The predicted octanol–water partition coefficient (Wildman–Crippen LogP) is 7.24. The van der Waals surface area contributed by atoms with Crippen LogP contribution in [0, 0.1) is 6.92 Å². The smallest absolute Gasteiger partial charge is 0.407 e. The van der Waals surface area contributed by atoms with E-state index in [-0.39, 0.29) is 35.6 Å². The first kappa shape index (κ1) is 31.0. The molecule has 1 aromatic carbocycles. The van der Waals surface area contributed by atoms with E-state index in [0.29, 0.717) is 34.8 Å². The second-order valence-electron chi connectivity index (χ2n) is 12.6. The van der Waals surface area contributed by atoms with Crippen LogP contribution in [0.2, 0.25) is 0 Å². The van der Waals surface area contributed by atoms with E-state index in [4.69, 9.17) is 19.6 Å². The monoisotopic (exact) mass is 641 g/mol. The fourth-order valence-corrected chi connectivity index (χ4v) is 9.58. The zero-order chi connectivity index (χ0) is 30.8. The molecule has 1 aliphatic heterocycles. The number of alkyl carbamates (subject to hydrolysis) is 1. The molecule has 1 saturated heterocycles. The molecule has 3 aliphatic rings. The first-order valence-corrected chi connectivity index (χ1v) is 18.3. The number of hydrogen-bond acceptors (Lipinski definition) is 9. The van der Waals surface area contributed by atoms with Crippen molar-refractivity contribution in [2.45, 2.75) is 119 Å². The van der Waals surface area contributed by atoms with Crippen molar-refractivity contribution in [3.05, 3.63) is 41.2 Å². The SMILES string of the molecule is Cc1cc(Nc2ccc(-c3cnc(C4CCC(NC(=O)OC(C)C)CC4)s3)c(S(=O)(=O)C3CCC3)c2)nn1C1CCCCO1. The van der Waals surface area contributed by atoms with Gasteiger partial charge in [-0.3, -0.25) is 0 Å². The second-order valence-corrected chi connectivity index (χ2v) is 15.8. The quantitative estimate of drug-likeness (QED) is 0.251. The van der Waals surface area contributed by atoms with Gasteiger partial charge in [0.05, 0.1) is 26.1 Å². The molecule has 44 heavy (non-hydrogen) atoms. The van der Waals surface area contributed by atoms with Crippen LogP contribution in [0.5, 0.6) is 0 Å². The number of aryl methyl sites for hydroxylation is 1. The van der Waals surface area contributed by atoms with Gasteiger partial charge in [0.25, 0.3) is 0 Å². The van der Waals surface area contributed by atoms with E-state index in [1.54, 1.807) is 17.4 Å². The largest absolute Gasteiger partial charge is 0.447 e. The minimum Gasteiger partial charge on any atom is -0.447 e. The zero-order valence-corrected chi connectivity index (χ0v) is 27.4. The lowest BCUT2D eigenvalue weighted by Gasteiger charge is -2.28. The molecule has 6 rings (SSSR count). The Kier molecular flexibility index (Phi) is 9.30. The average Bonchev–Trinajstić information content (AvgIpc) is 3.59. The maximum atomic E-state index is 13.9. The highest BCUT2D eigenvalue weighted by molar-refractivity contribution is 7.92. The van der Waals surface area contributed by atoms with Gasteiger partial charge in [0.15, 0.2) is 21.9 Å². The van der Waals surface area contributed by atoms with Crippen LogP contribution in [0.25, 0.3) is 10.4 Å². The Labute approximate surface area is 263 Å². The fraction of sp³-hybridized carbons (Fsp3) is 0.594. The third kappa shape index (κ3) is 6.82. The summed E-state index contributed by atoms with van der Waals surface area (Å²) in [5.74, 6) is 0.950. The lowest BCUT2D eigenvalue weighted by molar-refractivity contribution is -0.0404. The van der Waals surface area contributed by atoms with Gasteiger partial charge in [-0.05, 0) is 90.7 Å². The molecule has 1 amide bonds. The van der Waals surface area contributed by atoms with Crippen molar-refractivity contribution in [2.24, 2.45) is 0 Å². The molecule has 2 aromatic heterocycles. The van der Waals surface area contributed by atoms with Crippen molar-refractivity contribution in [3.8, 4) is 10.4 Å². The molecule has 0 bridgehead atoms. The minimum atomic E-state index is -3.52. The molecule has 3 fully saturated rings. The molecule has 3 heterocycles. The molecule has 0 radical (unpaired) electrons. The summed E-state index contributed by atoms with van der Waals surface area (Å²) in [5.41, 5.74) is 2.39. The summed E-state index contributed by atoms with van der Waals surface area (Å²) < 4.78 is 40.8. The van der Waals surface area contributed by atoms with Crippen LogP contribution in [0.3, 0.4) is 0 Å². The number of ether oxygens (including phenoxy) is 2. The van der Waals surface area contributed by atoms with Crippen molar-refractivity contribution in [2.75, 3.05) is 11.9 Å². The Morgan fingerprint density at radius 3 is 2.55 bits per heavy atom. The normalized spacial score (nSPS) is 22.9. The van der Waals surface area contributed by atoms with Gasteiger partial charge in [-0.1, -0.05) is 12.5 Å². The number of aromatic nitrogens is 3. The number of amides is 1. The highest BCUT2D eigenvalue weighted by atomic mass is 32.2. The summed E-state index contributed by atoms with van der Waals surface area (Å²) in [7, 11) is -3.52. The van der Waals surface area contributed by atoms with Crippen molar-refractivity contribution in [3.63, 3.8) is 0 Å². The molecular formula is C32H43N5O5S2. The van der Waals surface area contributed by atoms with Crippen LogP contribution < -0.4 is 10.6 Å². The minimum absolute atomic E-state index is 0.0653. The van der Waals surface area contributed by atoms with Crippen LogP contribution in [-0.2, 0) is 19.3 Å². The highest BCUT2D eigenvalue weighted by Gasteiger charge is 2.35. The number of nitrogens with one attached hydrogen (secondary N) is 2. The lowest BCUT2D eigenvalue weighted by atomic mass is 9.86. The van der Waals surface area contributed by atoms with Crippen LogP contribution in [0.4, 0.5) is 16.3 Å². The third-order valence-electron chi connectivity index (χ3n) is 8.93. The number of rotatable bonds is 9. The van der Waals surface area contributed by atoms with Crippen molar-refractivity contribution in [1.29, 1.82) is 0 Å². The molecule has 0 spiro atoms. The van der Waals surface area contributed by atoms with Gasteiger partial charge in [-0.2, -0.15) is 5.10 Å². The third-order valence-corrected chi connectivity index (χ3v) is 12.4. The molecular weight excluding hydrogens is 599 g/mol. The first-order chi connectivity index (χ1) is 21.2.